The average Bonchev–Trinajstić information content (AvgIpc) is 2.78. The van der Waals surface area contributed by atoms with Crippen molar-refractivity contribution >= 4 is 23.4 Å². The molecule has 2 aromatic rings. The summed E-state index contributed by atoms with van der Waals surface area (Å²) in [5.74, 6) is 0.668. The predicted octanol–water partition coefficient (Wildman–Crippen LogP) is 3.32. The number of fused-ring (bicyclic) bond motifs is 1. The number of piperidine rings is 1. The van der Waals surface area contributed by atoms with E-state index in [1.54, 1.807) is 6.26 Å². The van der Waals surface area contributed by atoms with Crippen LogP contribution in [0.1, 0.15) is 24.3 Å². The molecule has 0 atom stereocenters. The monoisotopic (exact) mass is 237 g/mol. The summed E-state index contributed by atoms with van der Waals surface area (Å²) in [7, 11) is 0. The van der Waals surface area contributed by atoms with Crippen molar-refractivity contribution in [3.8, 4) is 0 Å². The van der Waals surface area contributed by atoms with E-state index in [1.807, 2.05) is 6.07 Å². The molecular weight excluding hydrogens is 222 g/mol. The summed E-state index contributed by atoms with van der Waals surface area (Å²) in [4.78, 5) is 0. The Morgan fingerprint density at radius 2 is 1.94 bits per heavy atom. The molecule has 0 radical (unpaired) electrons. The molecule has 0 bridgehead atoms. The van der Waals surface area contributed by atoms with Crippen molar-refractivity contribution in [1.82, 2.24) is 5.32 Å². The molecule has 0 amide bonds. The van der Waals surface area contributed by atoms with E-state index in [-0.39, 0.29) is 12.4 Å². The fourth-order valence-corrected chi connectivity index (χ4v) is 2.47. The highest BCUT2D eigenvalue weighted by atomic mass is 35.5. The average molecular weight is 238 g/mol. The molecule has 1 aliphatic rings. The van der Waals surface area contributed by atoms with Gasteiger partial charge in [0.25, 0.3) is 0 Å². The Labute approximate surface area is 101 Å². The topological polar surface area (TPSA) is 25.2 Å². The molecule has 2 nitrogen and oxygen atoms in total. The lowest BCUT2D eigenvalue weighted by atomic mass is 9.89. The van der Waals surface area contributed by atoms with Crippen LogP contribution in [0.15, 0.2) is 34.9 Å². The second-order valence-electron chi connectivity index (χ2n) is 4.21. The maximum Gasteiger partial charge on any atom is 0.137 e. The zero-order valence-corrected chi connectivity index (χ0v) is 9.93. The van der Waals surface area contributed by atoms with Crippen LogP contribution in [-0.2, 0) is 0 Å². The Bertz CT molecular complexity index is 460. The number of halogens is 1. The zero-order chi connectivity index (χ0) is 10.1. The van der Waals surface area contributed by atoms with E-state index in [9.17, 15) is 0 Å². The van der Waals surface area contributed by atoms with E-state index in [0.29, 0.717) is 5.92 Å². The third-order valence-electron chi connectivity index (χ3n) is 3.29. The highest BCUT2D eigenvalue weighted by molar-refractivity contribution is 5.85. The lowest BCUT2D eigenvalue weighted by Gasteiger charge is -2.22. The Morgan fingerprint density at radius 3 is 2.75 bits per heavy atom. The largest absolute Gasteiger partial charge is 0.464 e. The van der Waals surface area contributed by atoms with Crippen LogP contribution in [0.25, 0.3) is 11.0 Å². The van der Waals surface area contributed by atoms with Gasteiger partial charge in [0.05, 0.1) is 6.26 Å². The van der Waals surface area contributed by atoms with Gasteiger partial charge in [-0.05, 0) is 43.5 Å². The standard InChI is InChI=1S/C13H15NO.ClH/c1-2-11-6-9-15-13(11)12(3-1)10-4-7-14-8-5-10;/h1-3,6,9-10,14H,4-5,7-8H2;1H. The molecule has 2 heterocycles. The third kappa shape index (κ3) is 1.95. The first kappa shape index (κ1) is 11.5. The molecule has 0 aliphatic carbocycles. The van der Waals surface area contributed by atoms with Gasteiger partial charge in [0.15, 0.2) is 0 Å². The summed E-state index contributed by atoms with van der Waals surface area (Å²) < 4.78 is 5.58. The molecule has 3 heteroatoms. The van der Waals surface area contributed by atoms with Gasteiger partial charge >= 0.3 is 0 Å². The van der Waals surface area contributed by atoms with Crippen LogP contribution in [0.5, 0.6) is 0 Å². The van der Waals surface area contributed by atoms with Crippen molar-refractivity contribution in [3.63, 3.8) is 0 Å². The Kier molecular flexibility index (Phi) is 3.52. The number of hydrogen-bond acceptors (Lipinski definition) is 2. The van der Waals surface area contributed by atoms with Crippen LogP contribution in [0.3, 0.4) is 0 Å². The Morgan fingerprint density at radius 1 is 1.12 bits per heavy atom. The molecule has 0 spiro atoms. The quantitative estimate of drug-likeness (QED) is 0.823. The maximum atomic E-state index is 5.58. The van der Waals surface area contributed by atoms with E-state index >= 15 is 0 Å². The van der Waals surface area contributed by atoms with Crippen molar-refractivity contribution in [1.29, 1.82) is 0 Å². The van der Waals surface area contributed by atoms with Gasteiger partial charge in [0, 0.05) is 5.39 Å². The fraction of sp³-hybridized carbons (Fsp3) is 0.385. The predicted molar refractivity (Wildman–Crippen MR) is 68.3 cm³/mol. The summed E-state index contributed by atoms with van der Waals surface area (Å²) in [6.07, 6.45) is 4.23. The molecule has 1 aliphatic heterocycles. The SMILES string of the molecule is Cl.c1cc(C2CCNCC2)c2occc2c1. The number of furan rings is 1. The lowest BCUT2D eigenvalue weighted by Crippen LogP contribution is -2.26. The number of nitrogens with one attached hydrogen (secondary N) is 1. The van der Waals surface area contributed by atoms with Crippen LogP contribution in [0.4, 0.5) is 0 Å². The summed E-state index contributed by atoms with van der Waals surface area (Å²) in [6, 6.07) is 8.50. The number of para-hydroxylation sites is 1. The van der Waals surface area contributed by atoms with Crippen LogP contribution >= 0.6 is 12.4 Å². The number of rotatable bonds is 1. The molecule has 86 valence electrons. The minimum absolute atomic E-state index is 0. The molecule has 1 saturated heterocycles. The van der Waals surface area contributed by atoms with Gasteiger partial charge < -0.3 is 9.73 Å². The van der Waals surface area contributed by atoms with Crippen LogP contribution in [0, 0.1) is 0 Å². The second-order valence-corrected chi connectivity index (χ2v) is 4.21. The summed E-state index contributed by atoms with van der Waals surface area (Å²) >= 11 is 0. The highest BCUT2D eigenvalue weighted by Crippen LogP contribution is 2.31. The minimum atomic E-state index is 0. The molecule has 3 rings (SSSR count). The first-order valence-corrected chi connectivity index (χ1v) is 5.62. The Hall–Kier alpha value is -0.990. The highest BCUT2D eigenvalue weighted by Gasteiger charge is 2.18. The molecule has 0 unspecified atom stereocenters. The van der Waals surface area contributed by atoms with Gasteiger partial charge in [0.1, 0.15) is 5.58 Å². The van der Waals surface area contributed by atoms with Crippen molar-refractivity contribution < 1.29 is 4.42 Å². The van der Waals surface area contributed by atoms with Crippen molar-refractivity contribution in [2.24, 2.45) is 0 Å². The van der Waals surface area contributed by atoms with E-state index in [2.05, 4.69) is 23.5 Å². The molecular formula is C13H16ClNO. The van der Waals surface area contributed by atoms with E-state index in [4.69, 9.17) is 4.42 Å². The van der Waals surface area contributed by atoms with Gasteiger partial charge in [-0.25, -0.2) is 0 Å². The van der Waals surface area contributed by atoms with Gasteiger partial charge in [-0.3, -0.25) is 0 Å². The lowest BCUT2D eigenvalue weighted by molar-refractivity contribution is 0.457. The van der Waals surface area contributed by atoms with Crippen molar-refractivity contribution in [2.75, 3.05) is 13.1 Å². The molecule has 1 aromatic heterocycles. The molecule has 1 aromatic carbocycles. The van der Waals surface area contributed by atoms with Crippen molar-refractivity contribution in [3.05, 3.63) is 36.1 Å². The maximum absolute atomic E-state index is 5.58. The van der Waals surface area contributed by atoms with Crippen LogP contribution in [0.2, 0.25) is 0 Å². The minimum Gasteiger partial charge on any atom is -0.464 e. The molecule has 16 heavy (non-hydrogen) atoms. The van der Waals surface area contributed by atoms with Gasteiger partial charge in [-0.2, -0.15) is 0 Å². The van der Waals surface area contributed by atoms with E-state index in [1.165, 1.54) is 23.8 Å². The van der Waals surface area contributed by atoms with Crippen LogP contribution < -0.4 is 5.32 Å². The molecule has 1 fully saturated rings. The Balaban J connectivity index is 0.000000963. The third-order valence-corrected chi connectivity index (χ3v) is 3.29. The number of benzene rings is 1. The smallest absolute Gasteiger partial charge is 0.137 e. The number of hydrogen-bond donors (Lipinski definition) is 1. The summed E-state index contributed by atoms with van der Waals surface area (Å²) in [5, 5.41) is 4.62. The van der Waals surface area contributed by atoms with Crippen LogP contribution in [-0.4, -0.2) is 13.1 Å². The summed E-state index contributed by atoms with van der Waals surface area (Å²) in [6.45, 7) is 2.25. The first-order chi connectivity index (χ1) is 7.45. The second kappa shape index (κ2) is 4.89. The van der Waals surface area contributed by atoms with Gasteiger partial charge in [0.2, 0.25) is 0 Å². The summed E-state index contributed by atoms with van der Waals surface area (Å²) in [5.41, 5.74) is 2.48. The van der Waals surface area contributed by atoms with Crippen molar-refractivity contribution in [2.45, 2.75) is 18.8 Å². The fourth-order valence-electron chi connectivity index (χ4n) is 2.47. The zero-order valence-electron chi connectivity index (χ0n) is 9.11. The van der Waals surface area contributed by atoms with Gasteiger partial charge in [-0.15, -0.1) is 12.4 Å². The van der Waals surface area contributed by atoms with Gasteiger partial charge in [-0.1, -0.05) is 18.2 Å². The normalized spacial score (nSPS) is 17.2. The molecule has 1 N–H and O–H groups in total. The molecule has 0 saturated carbocycles. The van der Waals surface area contributed by atoms with E-state index in [0.717, 1.165) is 18.7 Å². The first-order valence-electron chi connectivity index (χ1n) is 5.62. The van der Waals surface area contributed by atoms with E-state index < -0.39 is 0 Å².